The molecule has 0 aliphatic rings. The standard InChI is InChI=1S/C29H35NO2/c1-22(28(31)32-29(3,4)5)27(26-19-13-8-14-20-26)30(21-24-15-9-6-10-16-24)23(2)25-17-11-7-12-18-25/h6-20,22-23,27H,21H2,1-5H3/t22-,23-,27+/m1/s1. The van der Waals surface area contributed by atoms with E-state index < -0.39 is 5.60 Å². The van der Waals surface area contributed by atoms with Crippen molar-refractivity contribution in [1.82, 2.24) is 4.90 Å². The van der Waals surface area contributed by atoms with Crippen LogP contribution in [0.15, 0.2) is 91.0 Å². The number of esters is 1. The number of carbonyl (C=O) groups excluding carboxylic acids is 1. The van der Waals surface area contributed by atoms with E-state index in [0.717, 1.165) is 12.1 Å². The summed E-state index contributed by atoms with van der Waals surface area (Å²) in [5.41, 5.74) is 3.03. The van der Waals surface area contributed by atoms with E-state index in [1.54, 1.807) is 0 Å². The van der Waals surface area contributed by atoms with Crippen LogP contribution in [-0.4, -0.2) is 16.5 Å². The average Bonchev–Trinajstić information content (AvgIpc) is 2.79. The quantitative estimate of drug-likeness (QED) is 0.362. The lowest BCUT2D eigenvalue weighted by atomic mass is 9.90. The first-order valence-electron chi connectivity index (χ1n) is 11.4. The van der Waals surface area contributed by atoms with Gasteiger partial charge >= 0.3 is 5.97 Å². The van der Waals surface area contributed by atoms with Crippen molar-refractivity contribution in [3.63, 3.8) is 0 Å². The van der Waals surface area contributed by atoms with Crippen molar-refractivity contribution < 1.29 is 9.53 Å². The highest BCUT2D eigenvalue weighted by Gasteiger charge is 2.36. The summed E-state index contributed by atoms with van der Waals surface area (Å²) in [6.45, 7) is 10.7. The first kappa shape index (κ1) is 23.7. The van der Waals surface area contributed by atoms with E-state index in [1.165, 1.54) is 11.1 Å². The molecule has 3 rings (SSSR count). The van der Waals surface area contributed by atoms with Crippen LogP contribution in [0.3, 0.4) is 0 Å². The van der Waals surface area contributed by atoms with Gasteiger partial charge in [-0.25, -0.2) is 0 Å². The highest BCUT2D eigenvalue weighted by molar-refractivity contribution is 5.73. The molecular formula is C29H35NO2. The van der Waals surface area contributed by atoms with Gasteiger partial charge in [-0.05, 0) is 44.4 Å². The lowest BCUT2D eigenvalue weighted by Crippen LogP contribution is -2.39. The Kier molecular flexibility index (Phi) is 7.87. The lowest BCUT2D eigenvalue weighted by Gasteiger charge is -2.40. The molecule has 0 bridgehead atoms. The van der Waals surface area contributed by atoms with E-state index in [1.807, 2.05) is 58.0 Å². The van der Waals surface area contributed by atoms with Crippen LogP contribution in [0.5, 0.6) is 0 Å². The van der Waals surface area contributed by atoms with Crippen LogP contribution in [-0.2, 0) is 16.1 Å². The normalized spacial score (nSPS) is 14.6. The molecule has 32 heavy (non-hydrogen) atoms. The Balaban J connectivity index is 2.06. The number of hydrogen-bond acceptors (Lipinski definition) is 3. The summed E-state index contributed by atoms with van der Waals surface area (Å²) >= 11 is 0. The van der Waals surface area contributed by atoms with Gasteiger partial charge in [0, 0.05) is 18.6 Å². The van der Waals surface area contributed by atoms with Crippen molar-refractivity contribution >= 4 is 5.97 Å². The molecule has 0 saturated heterocycles. The van der Waals surface area contributed by atoms with Gasteiger partial charge in [0.15, 0.2) is 0 Å². The fourth-order valence-electron chi connectivity index (χ4n) is 4.13. The molecule has 168 valence electrons. The van der Waals surface area contributed by atoms with Crippen molar-refractivity contribution in [2.75, 3.05) is 0 Å². The zero-order valence-electron chi connectivity index (χ0n) is 19.9. The average molecular weight is 430 g/mol. The molecule has 0 saturated carbocycles. The third-order valence-electron chi connectivity index (χ3n) is 5.74. The first-order chi connectivity index (χ1) is 15.3. The van der Waals surface area contributed by atoms with Gasteiger partial charge in [0.25, 0.3) is 0 Å². The van der Waals surface area contributed by atoms with E-state index >= 15 is 0 Å². The van der Waals surface area contributed by atoms with E-state index in [-0.39, 0.29) is 24.0 Å². The number of ether oxygens (including phenoxy) is 1. The summed E-state index contributed by atoms with van der Waals surface area (Å²) in [5, 5.41) is 0. The van der Waals surface area contributed by atoms with E-state index in [0.29, 0.717) is 0 Å². The summed E-state index contributed by atoms with van der Waals surface area (Å²) in [6.07, 6.45) is 0. The van der Waals surface area contributed by atoms with Crippen molar-refractivity contribution in [3.05, 3.63) is 108 Å². The summed E-state index contributed by atoms with van der Waals surface area (Å²) in [6, 6.07) is 31.2. The predicted molar refractivity (Wildman–Crippen MR) is 131 cm³/mol. The molecule has 0 unspecified atom stereocenters. The largest absolute Gasteiger partial charge is 0.460 e. The first-order valence-corrected chi connectivity index (χ1v) is 11.4. The van der Waals surface area contributed by atoms with Gasteiger partial charge in [0.1, 0.15) is 5.60 Å². The topological polar surface area (TPSA) is 29.5 Å². The minimum atomic E-state index is -0.526. The smallest absolute Gasteiger partial charge is 0.311 e. The molecule has 0 aliphatic carbocycles. The molecule has 0 spiro atoms. The fourth-order valence-corrected chi connectivity index (χ4v) is 4.13. The molecule has 0 amide bonds. The van der Waals surface area contributed by atoms with Crippen molar-refractivity contribution in [2.24, 2.45) is 5.92 Å². The monoisotopic (exact) mass is 429 g/mol. The highest BCUT2D eigenvalue weighted by Crippen LogP contribution is 2.38. The second-order valence-corrected chi connectivity index (χ2v) is 9.42. The van der Waals surface area contributed by atoms with Crippen molar-refractivity contribution in [2.45, 2.75) is 58.8 Å². The fraction of sp³-hybridized carbons (Fsp3) is 0.345. The third-order valence-corrected chi connectivity index (χ3v) is 5.74. The van der Waals surface area contributed by atoms with Gasteiger partial charge in [0.05, 0.1) is 5.92 Å². The second kappa shape index (κ2) is 10.6. The molecule has 0 N–H and O–H groups in total. The zero-order chi connectivity index (χ0) is 23.1. The summed E-state index contributed by atoms with van der Waals surface area (Å²) < 4.78 is 5.82. The van der Waals surface area contributed by atoms with E-state index in [2.05, 4.69) is 72.5 Å². The minimum absolute atomic E-state index is 0.103. The molecular weight excluding hydrogens is 394 g/mol. The molecule has 0 fully saturated rings. The number of rotatable bonds is 8. The van der Waals surface area contributed by atoms with E-state index in [4.69, 9.17) is 4.74 Å². The van der Waals surface area contributed by atoms with Crippen molar-refractivity contribution in [3.8, 4) is 0 Å². The highest BCUT2D eigenvalue weighted by atomic mass is 16.6. The van der Waals surface area contributed by atoms with Crippen LogP contribution in [0.1, 0.15) is 63.4 Å². The molecule has 0 heterocycles. The summed E-state index contributed by atoms with van der Waals surface area (Å²) in [5.74, 6) is -0.517. The number of carbonyl (C=O) groups is 1. The molecule has 3 atom stereocenters. The van der Waals surface area contributed by atoms with Gasteiger partial charge in [0.2, 0.25) is 0 Å². The summed E-state index contributed by atoms with van der Waals surface area (Å²) in [4.78, 5) is 15.7. The number of nitrogens with zero attached hydrogens (tertiary/aromatic N) is 1. The van der Waals surface area contributed by atoms with Crippen LogP contribution in [0.25, 0.3) is 0 Å². The zero-order valence-corrected chi connectivity index (χ0v) is 19.9. The Bertz CT molecular complexity index is 964. The maximum absolute atomic E-state index is 13.2. The predicted octanol–water partition coefficient (Wildman–Crippen LogP) is 6.97. The van der Waals surface area contributed by atoms with Gasteiger partial charge in [-0.15, -0.1) is 0 Å². The van der Waals surface area contributed by atoms with Gasteiger partial charge in [-0.1, -0.05) is 97.9 Å². The Morgan fingerprint density at radius 1 is 0.781 bits per heavy atom. The van der Waals surface area contributed by atoms with Gasteiger partial charge in [-0.2, -0.15) is 0 Å². The maximum Gasteiger partial charge on any atom is 0.311 e. The molecule has 3 aromatic rings. The van der Waals surface area contributed by atoms with Crippen LogP contribution < -0.4 is 0 Å². The molecule has 0 radical (unpaired) electrons. The van der Waals surface area contributed by atoms with Gasteiger partial charge in [-0.3, -0.25) is 9.69 Å². The van der Waals surface area contributed by atoms with E-state index in [9.17, 15) is 4.79 Å². The minimum Gasteiger partial charge on any atom is -0.460 e. The Labute approximate surface area is 193 Å². The van der Waals surface area contributed by atoms with Crippen LogP contribution in [0.2, 0.25) is 0 Å². The number of benzene rings is 3. The molecule has 3 heteroatoms. The van der Waals surface area contributed by atoms with Crippen LogP contribution in [0, 0.1) is 5.92 Å². The number of hydrogen-bond donors (Lipinski definition) is 0. The second-order valence-electron chi connectivity index (χ2n) is 9.42. The SMILES string of the molecule is C[C@H](c1ccccc1)N(Cc1ccccc1)[C@H](c1ccccc1)[C@@H](C)C(=O)OC(C)(C)C. The Morgan fingerprint density at radius 2 is 1.25 bits per heavy atom. The Morgan fingerprint density at radius 3 is 1.75 bits per heavy atom. The van der Waals surface area contributed by atoms with Gasteiger partial charge < -0.3 is 4.74 Å². The lowest BCUT2D eigenvalue weighted by molar-refractivity contribution is -0.162. The Hall–Kier alpha value is -2.91. The summed E-state index contributed by atoms with van der Waals surface area (Å²) in [7, 11) is 0. The molecule has 3 aromatic carbocycles. The molecule has 0 aromatic heterocycles. The molecule has 0 aliphatic heterocycles. The van der Waals surface area contributed by atoms with Crippen LogP contribution >= 0.6 is 0 Å². The van der Waals surface area contributed by atoms with Crippen molar-refractivity contribution in [1.29, 1.82) is 0 Å². The maximum atomic E-state index is 13.2. The van der Waals surface area contributed by atoms with Crippen LogP contribution in [0.4, 0.5) is 0 Å². The third kappa shape index (κ3) is 6.30. The molecule has 3 nitrogen and oxygen atoms in total.